The highest BCUT2D eigenvalue weighted by Gasteiger charge is 2.21. The Kier molecular flexibility index (Phi) is 7.04. The minimum atomic E-state index is -0.182. The molecule has 0 aliphatic carbocycles. The molecule has 154 valence electrons. The van der Waals surface area contributed by atoms with E-state index in [0.717, 1.165) is 41.4 Å². The average Bonchev–Trinajstić information content (AvgIpc) is 2.73. The van der Waals surface area contributed by atoms with Gasteiger partial charge in [0, 0.05) is 35.8 Å². The van der Waals surface area contributed by atoms with Crippen molar-refractivity contribution >= 4 is 35.0 Å². The predicted molar refractivity (Wildman–Crippen MR) is 119 cm³/mol. The summed E-state index contributed by atoms with van der Waals surface area (Å²) in [4.78, 5) is 27.2. The van der Waals surface area contributed by atoms with Crippen molar-refractivity contribution < 1.29 is 14.3 Å². The van der Waals surface area contributed by atoms with E-state index >= 15 is 0 Å². The summed E-state index contributed by atoms with van der Waals surface area (Å²) >= 11 is 1.87. The predicted octanol–water partition coefficient (Wildman–Crippen LogP) is 3.55. The van der Waals surface area contributed by atoms with E-state index in [2.05, 4.69) is 10.6 Å². The fraction of sp³-hybridized carbons (Fsp3) is 0.364. The quantitative estimate of drug-likeness (QED) is 0.758. The normalized spacial score (nSPS) is 13.7. The Bertz CT molecular complexity index is 895. The van der Waals surface area contributed by atoms with Gasteiger partial charge in [0.2, 0.25) is 5.91 Å². The molecule has 2 aromatic carbocycles. The zero-order valence-electron chi connectivity index (χ0n) is 17.1. The molecule has 0 atom stereocenters. The molecule has 1 aliphatic heterocycles. The van der Waals surface area contributed by atoms with Gasteiger partial charge in [-0.25, -0.2) is 0 Å². The first-order valence-corrected chi connectivity index (χ1v) is 10.8. The second-order valence-corrected chi connectivity index (χ2v) is 8.21. The third kappa shape index (κ3) is 5.23. The number of carbonyl (C=O) groups is 2. The van der Waals surface area contributed by atoms with Crippen LogP contribution < -0.4 is 15.4 Å². The smallest absolute Gasteiger partial charge is 0.254 e. The van der Waals surface area contributed by atoms with Gasteiger partial charge in [0.15, 0.2) is 0 Å². The number of benzene rings is 2. The number of nitrogens with one attached hydrogen (secondary N) is 2. The number of hydrogen-bond donors (Lipinski definition) is 2. The monoisotopic (exact) mass is 413 g/mol. The fourth-order valence-electron chi connectivity index (χ4n) is 3.29. The summed E-state index contributed by atoms with van der Waals surface area (Å²) < 4.78 is 5.30. The fourth-order valence-corrected chi connectivity index (χ4v) is 4.19. The number of methoxy groups -OCH3 is 1. The van der Waals surface area contributed by atoms with E-state index in [-0.39, 0.29) is 18.4 Å². The Morgan fingerprint density at radius 1 is 1.10 bits per heavy atom. The summed E-state index contributed by atoms with van der Waals surface area (Å²) in [6.45, 7) is 5.52. The highest BCUT2D eigenvalue weighted by Crippen LogP contribution is 2.25. The summed E-state index contributed by atoms with van der Waals surface area (Å²) in [5.41, 5.74) is 4.00. The van der Waals surface area contributed by atoms with Crippen molar-refractivity contribution in [2.24, 2.45) is 0 Å². The van der Waals surface area contributed by atoms with Crippen molar-refractivity contribution in [2.45, 2.75) is 13.8 Å². The standard InChI is InChI=1S/C22H27N3O3S/c1-15-7-8-20(28-3)19(13-15)24-21(26)14-23-18-6-4-5-17(16(18)2)22(27)25-9-11-29-12-10-25/h4-8,13,23H,9-12,14H2,1-3H3,(H,24,26). The lowest BCUT2D eigenvalue weighted by molar-refractivity contribution is -0.114. The van der Waals surface area contributed by atoms with Gasteiger partial charge in [-0.1, -0.05) is 12.1 Å². The molecule has 0 saturated carbocycles. The molecule has 0 spiro atoms. The summed E-state index contributed by atoms with van der Waals surface area (Å²) in [5.74, 6) is 2.45. The van der Waals surface area contributed by atoms with Crippen molar-refractivity contribution in [3.05, 3.63) is 53.1 Å². The SMILES string of the molecule is COc1ccc(C)cc1NC(=O)CNc1cccc(C(=O)N2CCSCC2)c1C. The summed E-state index contributed by atoms with van der Waals surface area (Å²) in [6, 6.07) is 11.2. The zero-order chi connectivity index (χ0) is 20.8. The number of anilines is 2. The highest BCUT2D eigenvalue weighted by atomic mass is 32.2. The number of thioether (sulfide) groups is 1. The summed E-state index contributed by atoms with van der Waals surface area (Å²) in [5, 5.41) is 6.03. The van der Waals surface area contributed by atoms with Crippen LogP contribution in [-0.2, 0) is 4.79 Å². The Hall–Kier alpha value is -2.67. The van der Waals surface area contributed by atoms with Gasteiger partial charge < -0.3 is 20.3 Å². The number of amides is 2. The lowest BCUT2D eigenvalue weighted by Gasteiger charge is -2.27. The van der Waals surface area contributed by atoms with Gasteiger partial charge in [-0.3, -0.25) is 9.59 Å². The van der Waals surface area contributed by atoms with E-state index in [1.165, 1.54) is 0 Å². The van der Waals surface area contributed by atoms with Crippen LogP contribution in [0.2, 0.25) is 0 Å². The first-order chi connectivity index (χ1) is 14.0. The maximum Gasteiger partial charge on any atom is 0.254 e. The first-order valence-electron chi connectivity index (χ1n) is 9.64. The second-order valence-electron chi connectivity index (χ2n) is 6.99. The summed E-state index contributed by atoms with van der Waals surface area (Å²) in [6.07, 6.45) is 0. The molecule has 2 amide bonds. The maximum absolute atomic E-state index is 12.9. The largest absolute Gasteiger partial charge is 0.495 e. The molecular formula is C22H27N3O3S. The van der Waals surface area contributed by atoms with E-state index < -0.39 is 0 Å². The van der Waals surface area contributed by atoms with Crippen LogP contribution in [0.25, 0.3) is 0 Å². The third-order valence-corrected chi connectivity index (χ3v) is 5.87. The Balaban J connectivity index is 1.65. The number of hydrogen-bond acceptors (Lipinski definition) is 5. The van der Waals surface area contributed by atoms with E-state index in [9.17, 15) is 9.59 Å². The highest BCUT2D eigenvalue weighted by molar-refractivity contribution is 7.99. The van der Waals surface area contributed by atoms with Crippen LogP contribution in [0.4, 0.5) is 11.4 Å². The van der Waals surface area contributed by atoms with Gasteiger partial charge in [-0.2, -0.15) is 11.8 Å². The number of ether oxygens (including phenoxy) is 1. The number of carbonyl (C=O) groups excluding carboxylic acids is 2. The van der Waals surface area contributed by atoms with E-state index in [4.69, 9.17) is 4.74 Å². The van der Waals surface area contributed by atoms with Crippen molar-refractivity contribution in [1.29, 1.82) is 0 Å². The number of aryl methyl sites for hydroxylation is 1. The van der Waals surface area contributed by atoms with Crippen LogP contribution in [0.3, 0.4) is 0 Å². The number of nitrogens with zero attached hydrogens (tertiary/aromatic N) is 1. The van der Waals surface area contributed by atoms with Gasteiger partial charge in [-0.05, 0) is 49.2 Å². The van der Waals surface area contributed by atoms with Gasteiger partial charge >= 0.3 is 0 Å². The van der Waals surface area contributed by atoms with Crippen LogP contribution in [-0.4, -0.2) is 55.0 Å². The average molecular weight is 414 g/mol. The van der Waals surface area contributed by atoms with Crippen molar-refractivity contribution in [3.63, 3.8) is 0 Å². The van der Waals surface area contributed by atoms with E-state index in [1.807, 2.05) is 66.9 Å². The van der Waals surface area contributed by atoms with Crippen LogP contribution in [0.15, 0.2) is 36.4 Å². The molecule has 6 nitrogen and oxygen atoms in total. The van der Waals surface area contributed by atoms with Crippen LogP contribution in [0, 0.1) is 13.8 Å². The minimum Gasteiger partial charge on any atom is -0.495 e. The number of rotatable bonds is 6. The molecule has 1 saturated heterocycles. The minimum absolute atomic E-state index is 0.0559. The van der Waals surface area contributed by atoms with Crippen LogP contribution in [0.1, 0.15) is 21.5 Å². The van der Waals surface area contributed by atoms with Gasteiger partial charge in [-0.15, -0.1) is 0 Å². The molecule has 1 fully saturated rings. The molecular weight excluding hydrogens is 386 g/mol. The molecule has 2 N–H and O–H groups in total. The van der Waals surface area contributed by atoms with Crippen LogP contribution >= 0.6 is 11.8 Å². The van der Waals surface area contributed by atoms with E-state index in [0.29, 0.717) is 17.0 Å². The topological polar surface area (TPSA) is 70.7 Å². The second kappa shape index (κ2) is 9.69. The molecule has 7 heteroatoms. The molecule has 0 radical (unpaired) electrons. The van der Waals surface area contributed by atoms with Gasteiger partial charge in [0.25, 0.3) is 5.91 Å². The lowest BCUT2D eigenvalue weighted by atomic mass is 10.1. The van der Waals surface area contributed by atoms with Crippen molar-refractivity contribution in [2.75, 3.05) is 48.9 Å². The zero-order valence-corrected chi connectivity index (χ0v) is 17.9. The maximum atomic E-state index is 12.9. The van der Waals surface area contributed by atoms with Crippen molar-refractivity contribution in [1.82, 2.24) is 4.90 Å². The van der Waals surface area contributed by atoms with Gasteiger partial charge in [0.05, 0.1) is 19.3 Å². The molecule has 0 bridgehead atoms. The van der Waals surface area contributed by atoms with E-state index in [1.54, 1.807) is 7.11 Å². The molecule has 3 rings (SSSR count). The van der Waals surface area contributed by atoms with Crippen molar-refractivity contribution in [3.8, 4) is 5.75 Å². The summed E-state index contributed by atoms with van der Waals surface area (Å²) in [7, 11) is 1.57. The molecule has 0 unspecified atom stereocenters. The first kappa shape index (κ1) is 21.0. The molecule has 2 aromatic rings. The molecule has 29 heavy (non-hydrogen) atoms. The Morgan fingerprint density at radius 2 is 1.86 bits per heavy atom. The molecule has 1 aliphatic rings. The Morgan fingerprint density at radius 3 is 2.59 bits per heavy atom. The molecule has 1 heterocycles. The molecule has 0 aromatic heterocycles. The van der Waals surface area contributed by atoms with Crippen LogP contribution in [0.5, 0.6) is 5.75 Å². The van der Waals surface area contributed by atoms with Gasteiger partial charge in [0.1, 0.15) is 5.75 Å². The lowest BCUT2D eigenvalue weighted by Crippen LogP contribution is -2.38. The third-order valence-electron chi connectivity index (χ3n) is 4.93. The Labute approximate surface area is 176 Å².